The van der Waals surface area contributed by atoms with Crippen LogP contribution in [-0.2, 0) is 9.53 Å². The molecule has 92 valence electrons. The van der Waals surface area contributed by atoms with E-state index in [1.165, 1.54) is 19.3 Å². The molecule has 3 unspecified atom stereocenters. The Morgan fingerprint density at radius 2 is 2.19 bits per heavy atom. The molecule has 2 rings (SSSR count). The third-order valence-electron chi connectivity index (χ3n) is 4.21. The standard InChI is InChI=1S/C14H24O2/c1-2-3-11-4-5-14(15)13(8-11)9-12-6-7-16-10-12/h11-13H,2-10H2,1H3. The summed E-state index contributed by atoms with van der Waals surface area (Å²) in [6, 6.07) is 0. The van der Waals surface area contributed by atoms with E-state index in [0.717, 1.165) is 44.8 Å². The molecule has 0 amide bonds. The second-order valence-electron chi connectivity index (χ2n) is 5.56. The zero-order valence-corrected chi connectivity index (χ0v) is 10.4. The molecule has 1 heterocycles. The maximum atomic E-state index is 11.9. The van der Waals surface area contributed by atoms with E-state index in [1.807, 2.05) is 0 Å². The van der Waals surface area contributed by atoms with Gasteiger partial charge in [-0.3, -0.25) is 4.79 Å². The number of hydrogen-bond donors (Lipinski definition) is 0. The van der Waals surface area contributed by atoms with Crippen LogP contribution in [0.5, 0.6) is 0 Å². The average Bonchev–Trinajstić information content (AvgIpc) is 2.76. The molecule has 1 saturated heterocycles. The summed E-state index contributed by atoms with van der Waals surface area (Å²) in [6.45, 7) is 4.04. The summed E-state index contributed by atoms with van der Waals surface area (Å²) in [6.07, 6.45) is 7.97. The van der Waals surface area contributed by atoms with Crippen LogP contribution < -0.4 is 0 Å². The molecule has 2 heteroatoms. The third kappa shape index (κ3) is 3.07. The zero-order valence-electron chi connectivity index (χ0n) is 10.4. The number of Topliss-reactive ketones (excluding diaryl/α,β-unsaturated/α-hetero) is 1. The van der Waals surface area contributed by atoms with Crippen LogP contribution in [-0.4, -0.2) is 19.0 Å². The van der Waals surface area contributed by atoms with Gasteiger partial charge in [0, 0.05) is 25.6 Å². The summed E-state index contributed by atoms with van der Waals surface area (Å²) in [4.78, 5) is 11.9. The van der Waals surface area contributed by atoms with E-state index in [9.17, 15) is 4.79 Å². The third-order valence-corrected chi connectivity index (χ3v) is 4.21. The van der Waals surface area contributed by atoms with E-state index < -0.39 is 0 Å². The van der Waals surface area contributed by atoms with E-state index >= 15 is 0 Å². The molecule has 1 aliphatic heterocycles. The van der Waals surface area contributed by atoms with Crippen LogP contribution in [0.25, 0.3) is 0 Å². The van der Waals surface area contributed by atoms with Crippen LogP contribution in [0.3, 0.4) is 0 Å². The van der Waals surface area contributed by atoms with Crippen molar-refractivity contribution in [1.29, 1.82) is 0 Å². The van der Waals surface area contributed by atoms with Crippen LogP contribution in [0.15, 0.2) is 0 Å². The Balaban J connectivity index is 1.82. The topological polar surface area (TPSA) is 26.3 Å². The fraction of sp³-hybridized carbons (Fsp3) is 0.929. The molecular weight excluding hydrogens is 200 g/mol. The first-order valence-electron chi connectivity index (χ1n) is 6.90. The highest BCUT2D eigenvalue weighted by molar-refractivity contribution is 5.81. The van der Waals surface area contributed by atoms with Crippen LogP contribution >= 0.6 is 0 Å². The Kier molecular flexibility index (Phi) is 4.39. The molecule has 0 aromatic rings. The number of carbonyl (C=O) groups is 1. The first kappa shape index (κ1) is 12.1. The Morgan fingerprint density at radius 1 is 1.31 bits per heavy atom. The van der Waals surface area contributed by atoms with E-state index in [4.69, 9.17) is 4.74 Å². The lowest BCUT2D eigenvalue weighted by molar-refractivity contribution is -0.126. The van der Waals surface area contributed by atoms with Gasteiger partial charge >= 0.3 is 0 Å². The molecule has 1 aliphatic carbocycles. The van der Waals surface area contributed by atoms with Gasteiger partial charge in [0.1, 0.15) is 5.78 Å². The van der Waals surface area contributed by atoms with E-state index in [2.05, 4.69) is 6.92 Å². The Labute approximate surface area is 98.7 Å². The van der Waals surface area contributed by atoms with Gasteiger partial charge in [-0.25, -0.2) is 0 Å². The minimum atomic E-state index is 0.358. The summed E-state index contributed by atoms with van der Waals surface area (Å²) < 4.78 is 5.40. The number of rotatable bonds is 4. The molecule has 16 heavy (non-hydrogen) atoms. The maximum absolute atomic E-state index is 11.9. The van der Waals surface area contributed by atoms with Gasteiger partial charge in [0.15, 0.2) is 0 Å². The van der Waals surface area contributed by atoms with Crippen LogP contribution in [0.2, 0.25) is 0 Å². The smallest absolute Gasteiger partial charge is 0.136 e. The first-order chi connectivity index (χ1) is 7.79. The normalized spacial score (nSPS) is 35.6. The van der Waals surface area contributed by atoms with E-state index in [1.54, 1.807) is 0 Å². The van der Waals surface area contributed by atoms with Gasteiger partial charge in [-0.15, -0.1) is 0 Å². The van der Waals surface area contributed by atoms with Crippen molar-refractivity contribution in [1.82, 2.24) is 0 Å². The molecule has 2 fully saturated rings. The average molecular weight is 224 g/mol. The molecule has 2 aliphatic rings. The Hall–Kier alpha value is -0.370. The number of ketones is 1. The summed E-state index contributed by atoms with van der Waals surface area (Å²) in [5, 5.41) is 0. The van der Waals surface area contributed by atoms with Crippen molar-refractivity contribution in [3.63, 3.8) is 0 Å². The van der Waals surface area contributed by atoms with Crippen molar-refractivity contribution in [3.05, 3.63) is 0 Å². The van der Waals surface area contributed by atoms with Crippen LogP contribution in [0, 0.1) is 17.8 Å². The number of hydrogen-bond acceptors (Lipinski definition) is 2. The van der Waals surface area contributed by atoms with Crippen molar-refractivity contribution < 1.29 is 9.53 Å². The second kappa shape index (κ2) is 5.81. The van der Waals surface area contributed by atoms with Crippen molar-refractivity contribution >= 4 is 5.78 Å². The van der Waals surface area contributed by atoms with E-state index in [-0.39, 0.29) is 0 Å². The fourth-order valence-corrected chi connectivity index (χ4v) is 3.27. The SMILES string of the molecule is CCCC1CCC(=O)C(CC2CCOC2)C1. The molecule has 0 bridgehead atoms. The second-order valence-corrected chi connectivity index (χ2v) is 5.56. The highest BCUT2D eigenvalue weighted by Gasteiger charge is 2.31. The minimum Gasteiger partial charge on any atom is -0.381 e. The minimum absolute atomic E-state index is 0.358. The highest BCUT2D eigenvalue weighted by Crippen LogP contribution is 2.34. The van der Waals surface area contributed by atoms with Gasteiger partial charge in [-0.1, -0.05) is 19.8 Å². The molecule has 0 aromatic carbocycles. The van der Waals surface area contributed by atoms with Gasteiger partial charge in [-0.05, 0) is 37.5 Å². The molecular formula is C14H24O2. The lowest BCUT2D eigenvalue weighted by Gasteiger charge is -2.29. The quantitative estimate of drug-likeness (QED) is 0.733. The number of carbonyl (C=O) groups excluding carboxylic acids is 1. The lowest BCUT2D eigenvalue weighted by atomic mass is 9.75. The maximum Gasteiger partial charge on any atom is 0.136 e. The van der Waals surface area contributed by atoms with Crippen molar-refractivity contribution in [2.24, 2.45) is 17.8 Å². The Morgan fingerprint density at radius 3 is 2.88 bits per heavy atom. The summed E-state index contributed by atoms with van der Waals surface area (Å²) in [5.74, 6) is 2.36. The Bertz CT molecular complexity index is 231. The van der Waals surface area contributed by atoms with Gasteiger partial charge in [0.05, 0.1) is 0 Å². The van der Waals surface area contributed by atoms with E-state index in [0.29, 0.717) is 17.6 Å². The summed E-state index contributed by atoms with van der Waals surface area (Å²) in [7, 11) is 0. The van der Waals surface area contributed by atoms with Gasteiger partial charge < -0.3 is 4.74 Å². The predicted octanol–water partition coefficient (Wildman–Crippen LogP) is 3.20. The van der Waals surface area contributed by atoms with Gasteiger partial charge in [-0.2, -0.15) is 0 Å². The summed E-state index contributed by atoms with van der Waals surface area (Å²) in [5.41, 5.74) is 0. The van der Waals surface area contributed by atoms with Crippen molar-refractivity contribution in [2.75, 3.05) is 13.2 Å². The number of ether oxygens (including phenoxy) is 1. The van der Waals surface area contributed by atoms with Gasteiger partial charge in [0.2, 0.25) is 0 Å². The predicted molar refractivity (Wildman–Crippen MR) is 64.3 cm³/mol. The fourth-order valence-electron chi connectivity index (χ4n) is 3.27. The molecule has 0 aromatic heterocycles. The molecule has 1 saturated carbocycles. The summed E-state index contributed by atoms with van der Waals surface area (Å²) >= 11 is 0. The van der Waals surface area contributed by atoms with Gasteiger partial charge in [0.25, 0.3) is 0 Å². The highest BCUT2D eigenvalue weighted by atomic mass is 16.5. The monoisotopic (exact) mass is 224 g/mol. The zero-order chi connectivity index (χ0) is 11.4. The first-order valence-corrected chi connectivity index (χ1v) is 6.90. The molecule has 0 spiro atoms. The largest absolute Gasteiger partial charge is 0.381 e. The molecule has 2 nitrogen and oxygen atoms in total. The molecule has 0 radical (unpaired) electrons. The molecule has 0 N–H and O–H groups in total. The van der Waals surface area contributed by atoms with Crippen molar-refractivity contribution in [2.45, 2.75) is 51.9 Å². The van der Waals surface area contributed by atoms with Crippen LogP contribution in [0.4, 0.5) is 0 Å². The lowest BCUT2D eigenvalue weighted by Crippen LogP contribution is -2.27. The van der Waals surface area contributed by atoms with Crippen LogP contribution in [0.1, 0.15) is 51.9 Å². The molecule has 3 atom stereocenters. The van der Waals surface area contributed by atoms with Crippen molar-refractivity contribution in [3.8, 4) is 0 Å².